The molecule has 4 N–H and O–H groups in total. The fourth-order valence-electron chi connectivity index (χ4n) is 2.81. The fraction of sp³-hybridized carbons (Fsp3) is 0.929. The minimum Gasteiger partial charge on any atom is -0.393 e. The second-order valence-corrected chi connectivity index (χ2v) is 6.56. The number of nitrogens with two attached hydrogens (primary N) is 1. The quantitative estimate of drug-likeness (QED) is 0.724. The molecule has 114 valence electrons. The van der Waals surface area contributed by atoms with Gasteiger partial charge in [-0.1, -0.05) is 20.3 Å². The summed E-state index contributed by atoms with van der Waals surface area (Å²) >= 11 is 0. The van der Waals surface area contributed by atoms with Crippen LogP contribution in [-0.2, 0) is 4.79 Å². The van der Waals surface area contributed by atoms with Crippen molar-refractivity contribution in [2.24, 2.45) is 17.1 Å². The Morgan fingerprint density at radius 3 is 2.63 bits per heavy atom. The first-order chi connectivity index (χ1) is 8.30. The summed E-state index contributed by atoms with van der Waals surface area (Å²) in [5.74, 6) is 0.208. The number of rotatable bonds is 5. The number of halogens is 1. The zero-order valence-corrected chi connectivity index (χ0v) is 13.1. The highest BCUT2D eigenvalue weighted by Gasteiger charge is 2.27. The number of aliphatic hydroxyl groups excluding tert-OH is 1. The first kappa shape index (κ1) is 18.7. The number of nitrogens with one attached hydrogen (secondary N) is 1. The Balaban J connectivity index is 0.00000324. The lowest BCUT2D eigenvalue weighted by molar-refractivity contribution is -0.126. The van der Waals surface area contributed by atoms with Gasteiger partial charge in [-0.3, -0.25) is 4.79 Å². The molecule has 5 heteroatoms. The molecule has 0 aliphatic heterocycles. The second kappa shape index (κ2) is 8.08. The van der Waals surface area contributed by atoms with Crippen molar-refractivity contribution in [3.63, 3.8) is 0 Å². The van der Waals surface area contributed by atoms with E-state index in [0.29, 0.717) is 13.0 Å². The zero-order chi connectivity index (χ0) is 13.8. The van der Waals surface area contributed by atoms with Crippen molar-refractivity contribution in [3.8, 4) is 0 Å². The predicted octanol–water partition coefficient (Wildman–Crippen LogP) is 1.84. The summed E-state index contributed by atoms with van der Waals surface area (Å²) < 4.78 is 0. The molecule has 1 amide bonds. The van der Waals surface area contributed by atoms with Crippen LogP contribution in [0.1, 0.15) is 52.9 Å². The second-order valence-electron chi connectivity index (χ2n) is 6.56. The van der Waals surface area contributed by atoms with E-state index in [2.05, 4.69) is 19.2 Å². The molecule has 3 unspecified atom stereocenters. The first-order valence-electron chi connectivity index (χ1n) is 7.01. The summed E-state index contributed by atoms with van der Waals surface area (Å²) in [6.07, 6.45) is 4.21. The van der Waals surface area contributed by atoms with Crippen LogP contribution >= 0.6 is 12.4 Å². The van der Waals surface area contributed by atoms with Crippen molar-refractivity contribution in [1.82, 2.24) is 5.32 Å². The van der Waals surface area contributed by atoms with Gasteiger partial charge < -0.3 is 16.2 Å². The Morgan fingerprint density at radius 1 is 1.47 bits per heavy atom. The van der Waals surface area contributed by atoms with Gasteiger partial charge in [-0.15, -0.1) is 12.4 Å². The van der Waals surface area contributed by atoms with Crippen molar-refractivity contribution in [1.29, 1.82) is 0 Å². The maximum atomic E-state index is 12.0. The monoisotopic (exact) mass is 292 g/mol. The van der Waals surface area contributed by atoms with Crippen LogP contribution in [0.2, 0.25) is 0 Å². The highest BCUT2D eigenvalue weighted by molar-refractivity contribution is 5.85. The summed E-state index contributed by atoms with van der Waals surface area (Å²) in [6, 6.07) is 0.181. The van der Waals surface area contributed by atoms with Crippen molar-refractivity contribution >= 4 is 18.3 Å². The molecule has 0 heterocycles. The van der Waals surface area contributed by atoms with Crippen LogP contribution in [0.5, 0.6) is 0 Å². The fourth-order valence-corrected chi connectivity index (χ4v) is 2.81. The Labute approximate surface area is 122 Å². The van der Waals surface area contributed by atoms with Gasteiger partial charge in [-0.05, 0) is 38.0 Å². The van der Waals surface area contributed by atoms with Gasteiger partial charge in [0.05, 0.1) is 6.10 Å². The zero-order valence-electron chi connectivity index (χ0n) is 12.3. The van der Waals surface area contributed by atoms with Gasteiger partial charge >= 0.3 is 0 Å². The number of amides is 1. The van der Waals surface area contributed by atoms with E-state index in [0.717, 1.165) is 25.7 Å². The third-order valence-corrected chi connectivity index (χ3v) is 3.67. The molecule has 1 aliphatic carbocycles. The molecule has 19 heavy (non-hydrogen) atoms. The number of carbonyl (C=O) groups excluding carboxylic acids is 1. The maximum absolute atomic E-state index is 12.0. The van der Waals surface area contributed by atoms with Gasteiger partial charge in [0.1, 0.15) is 0 Å². The van der Waals surface area contributed by atoms with Gasteiger partial charge in [0.2, 0.25) is 5.91 Å². The highest BCUT2D eigenvalue weighted by Crippen LogP contribution is 2.25. The van der Waals surface area contributed by atoms with Gasteiger partial charge in [-0.2, -0.15) is 0 Å². The summed E-state index contributed by atoms with van der Waals surface area (Å²) in [5.41, 5.74) is 5.83. The highest BCUT2D eigenvalue weighted by atomic mass is 35.5. The van der Waals surface area contributed by atoms with E-state index >= 15 is 0 Å². The molecule has 4 nitrogen and oxygen atoms in total. The van der Waals surface area contributed by atoms with Crippen molar-refractivity contribution in [2.75, 3.05) is 6.54 Å². The van der Waals surface area contributed by atoms with Crippen LogP contribution < -0.4 is 11.1 Å². The van der Waals surface area contributed by atoms with E-state index in [9.17, 15) is 9.90 Å². The number of hydrogen-bond acceptors (Lipinski definition) is 3. The predicted molar refractivity (Wildman–Crippen MR) is 80.3 cm³/mol. The first-order valence-corrected chi connectivity index (χ1v) is 7.01. The lowest BCUT2D eigenvalue weighted by atomic mass is 9.84. The molecular weight excluding hydrogens is 264 g/mol. The molecule has 0 bridgehead atoms. The van der Waals surface area contributed by atoms with Crippen molar-refractivity contribution in [3.05, 3.63) is 0 Å². The topological polar surface area (TPSA) is 75.3 Å². The van der Waals surface area contributed by atoms with E-state index in [1.54, 1.807) is 6.92 Å². The average Bonchev–Trinajstić information content (AvgIpc) is 2.24. The lowest BCUT2D eigenvalue weighted by Crippen LogP contribution is -2.41. The van der Waals surface area contributed by atoms with E-state index in [1.165, 1.54) is 0 Å². The minimum absolute atomic E-state index is 0. The van der Waals surface area contributed by atoms with E-state index in [1.807, 2.05) is 0 Å². The summed E-state index contributed by atoms with van der Waals surface area (Å²) in [5, 5.41) is 12.4. The van der Waals surface area contributed by atoms with Crippen LogP contribution in [0, 0.1) is 11.3 Å². The van der Waals surface area contributed by atoms with Crippen molar-refractivity contribution < 1.29 is 9.90 Å². The van der Waals surface area contributed by atoms with Crippen LogP contribution in [0.25, 0.3) is 0 Å². The van der Waals surface area contributed by atoms with E-state index in [4.69, 9.17) is 5.73 Å². The SMILES string of the molecule is CC(O)CC(C)(C)CNC(=O)C1CCCC(N)C1.Cl. The summed E-state index contributed by atoms with van der Waals surface area (Å²) in [6.45, 7) is 6.52. The minimum atomic E-state index is -0.333. The van der Waals surface area contributed by atoms with Gasteiger partial charge in [0.15, 0.2) is 0 Å². The normalized spacial score (nSPS) is 25.3. The van der Waals surface area contributed by atoms with Crippen LogP contribution in [-0.4, -0.2) is 29.7 Å². The smallest absolute Gasteiger partial charge is 0.223 e. The molecule has 1 saturated carbocycles. The number of carbonyl (C=O) groups is 1. The molecule has 0 spiro atoms. The molecule has 0 aromatic carbocycles. The lowest BCUT2D eigenvalue weighted by Gasteiger charge is -2.29. The molecule has 0 saturated heterocycles. The third kappa shape index (κ3) is 7.14. The van der Waals surface area contributed by atoms with Crippen LogP contribution in [0.15, 0.2) is 0 Å². The van der Waals surface area contributed by atoms with Crippen molar-refractivity contribution in [2.45, 2.75) is 65.0 Å². The largest absolute Gasteiger partial charge is 0.393 e. The third-order valence-electron chi connectivity index (χ3n) is 3.67. The Morgan fingerprint density at radius 2 is 2.11 bits per heavy atom. The molecule has 1 aliphatic rings. The van der Waals surface area contributed by atoms with E-state index < -0.39 is 0 Å². The van der Waals surface area contributed by atoms with Gasteiger partial charge in [0.25, 0.3) is 0 Å². The molecule has 0 aromatic rings. The summed E-state index contributed by atoms with van der Waals surface area (Å²) in [4.78, 5) is 12.0. The molecule has 0 radical (unpaired) electrons. The van der Waals surface area contributed by atoms with Gasteiger partial charge in [-0.25, -0.2) is 0 Å². The summed E-state index contributed by atoms with van der Waals surface area (Å²) in [7, 11) is 0. The number of aliphatic hydroxyl groups is 1. The number of hydrogen-bond donors (Lipinski definition) is 3. The van der Waals surface area contributed by atoms with Gasteiger partial charge in [0, 0.05) is 18.5 Å². The molecule has 3 atom stereocenters. The molecule has 1 rings (SSSR count). The van der Waals surface area contributed by atoms with Crippen LogP contribution in [0.3, 0.4) is 0 Å². The van der Waals surface area contributed by atoms with E-state index in [-0.39, 0.29) is 41.8 Å². The average molecular weight is 293 g/mol. The van der Waals surface area contributed by atoms with Crippen LogP contribution in [0.4, 0.5) is 0 Å². The molecule has 1 fully saturated rings. The molecule has 0 aromatic heterocycles. The molecular formula is C14H29ClN2O2. The standard InChI is InChI=1S/C14H28N2O2.ClH/c1-10(17)8-14(2,3)9-16-13(18)11-5-4-6-12(15)7-11;/h10-12,17H,4-9,15H2,1-3H3,(H,16,18);1H. The Kier molecular flexibility index (Phi) is 7.94. The Bertz CT molecular complexity index is 283. The Hall–Kier alpha value is -0.320. The maximum Gasteiger partial charge on any atom is 0.223 e.